The zero-order chi connectivity index (χ0) is 26.5. The molecule has 4 rings (SSSR count). The number of carbonyl (C=O) groups excluding carboxylic acids is 2. The van der Waals surface area contributed by atoms with Gasteiger partial charge in [-0.3, -0.25) is 4.79 Å². The fourth-order valence-electron chi connectivity index (χ4n) is 5.13. The molecule has 0 aromatic heterocycles. The van der Waals surface area contributed by atoms with Gasteiger partial charge in [0.25, 0.3) is 0 Å². The van der Waals surface area contributed by atoms with Crippen molar-refractivity contribution < 1.29 is 23.8 Å². The average Bonchev–Trinajstić information content (AvgIpc) is 2.91. The van der Waals surface area contributed by atoms with Crippen LogP contribution in [0.1, 0.15) is 76.3 Å². The van der Waals surface area contributed by atoms with Crippen LogP contribution >= 0.6 is 0 Å². The molecule has 1 heterocycles. The van der Waals surface area contributed by atoms with E-state index in [2.05, 4.69) is 17.4 Å². The Morgan fingerprint density at radius 1 is 1.05 bits per heavy atom. The van der Waals surface area contributed by atoms with E-state index in [0.717, 1.165) is 23.2 Å². The number of esters is 1. The summed E-state index contributed by atoms with van der Waals surface area (Å²) in [7, 11) is 1.60. The molecule has 37 heavy (non-hydrogen) atoms. The van der Waals surface area contributed by atoms with Gasteiger partial charge in [0.15, 0.2) is 17.3 Å². The van der Waals surface area contributed by atoms with Crippen molar-refractivity contribution in [3.63, 3.8) is 0 Å². The Kier molecular flexibility index (Phi) is 8.37. The molecule has 2 aromatic rings. The predicted octanol–water partition coefficient (Wildman–Crippen LogP) is 6.19. The first-order valence-corrected chi connectivity index (χ1v) is 13.2. The van der Waals surface area contributed by atoms with Gasteiger partial charge in [0.2, 0.25) is 0 Å². The number of nitrogens with one attached hydrogen (secondary N) is 1. The molecule has 1 N–H and O–H groups in total. The van der Waals surface area contributed by atoms with Gasteiger partial charge in [0.1, 0.15) is 0 Å². The molecular formula is C31H37NO5. The lowest BCUT2D eigenvalue weighted by molar-refractivity contribution is -0.144. The molecule has 3 atom stereocenters. The molecular weight excluding hydrogens is 466 g/mol. The van der Waals surface area contributed by atoms with E-state index in [9.17, 15) is 9.59 Å². The monoisotopic (exact) mass is 503 g/mol. The van der Waals surface area contributed by atoms with Gasteiger partial charge in [-0.15, -0.1) is 0 Å². The van der Waals surface area contributed by atoms with Gasteiger partial charge in [-0.25, -0.2) is 4.79 Å². The molecule has 0 spiro atoms. The van der Waals surface area contributed by atoms with E-state index >= 15 is 0 Å². The molecule has 0 unspecified atom stereocenters. The van der Waals surface area contributed by atoms with Gasteiger partial charge < -0.3 is 19.5 Å². The number of ketones is 1. The van der Waals surface area contributed by atoms with Crippen LogP contribution in [0.25, 0.3) is 0 Å². The maximum absolute atomic E-state index is 13.8. The molecule has 6 heteroatoms. The number of ether oxygens (including phenoxy) is 3. The number of rotatable bonds is 9. The van der Waals surface area contributed by atoms with Gasteiger partial charge in [0.05, 0.1) is 25.4 Å². The number of dihydropyridines is 1. The number of allylic oxidation sites excluding steroid dienone is 3. The highest BCUT2D eigenvalue weighted by molar-refractivity contribution is 6.04. The first kappa shape index (κ1) is 26.5. The maximum Gasteiger partial charge on any atom is 0.337 e. The summed E-state index contributed by atoms with van der Waals surface area (Å²) >= 11 is 0. The molecule has 2 aliphatic rings. The summed E-state index contributed by atoms with van der Waals surface area (Å²) in [6.07, 6.45) is 2.44. The summed E-state index contributed by atoms with van der Waals surface area (Å²) in [6, 6.07) is 15.8. The minimum atomic E-state index is -0.550. The number of hydrogen-bond acceptors (Lipinski definition) is 6. The standard InChI is InChI=1S/C31H37NO5/c1-6-15-36-26-14-13-22(18-27(26)35-5)29-28(31(34)37-19(3)7-2)20(4)32-24-16-23(17-25(33)30(24)29)21-11-9-8-10-12-21/h8-14,18-19,23,29,32H,6-7,15-17H2,1-5H3/t19-,23-,29-/m0/s1. The number of hydrogen-bond donors (Lipinski definition) is 1. The van der Waals surface area contributed by atoms with Crippen LogP contribution in [0.2, 0.25) is 0 Å². The van der Waals surface area contributed by atoms with E-state index in [1.54, 1.807) is 7.11 Å². The van der Waals surface area contributed by atoms with Crippen LogP contribution in [-0.2, 0) is 14.3 Å². The molecule has 1 aliphatic heterocycles. The molecule has 0 bridgehead atoms. The molecule has 0 saturated heterocycles. The van der Waals surface area contributed by atoms with E-state index < -0.39 is 11.9 Å². The van der Waals surface area contributed by atoms with Crippen molar-refractivity contribution in [2.45, 2.75) is 71.3 Å². The van der Waals surface area contributed by atoms with Crippen LogP contribution in [-0.4, -0.2) is 31.6 Å². The van der Waals surface area contributed by atoms with Gasteiger partial charge in [0, 0.05) is 29.3 Å². The summed E-state index contributed by atoms with van der Waals surface area (Å²) in [5.41, 5.74) is 4.63. The summed E-state index contributed by atoms with van der Waals surface area (Å²) in [4.78, 5) is 27.3. The summed E-state index contributed by atoms with van der Waals surface area (Å²) in [5.74, 6) is 0.384. The first-order chi connectivity index (χ1) is 17.9. The summed E-state index contributed by atoms with van der Waals surface area (Å²) in [5, 5.41) is 3.42. The van der Waals surface area contributed by atoms with E-state index in [0.29, 0.717) is 54.2 Å². The Morgan fingerprint density at radius 2 is 1.81 bits per heavy atom. The van der Waals surface area contributed by atoms with Crippen molar-refractivity contribution in [1.82, 2.24) is 5.32 Å². The molecule has 0 amide bonds. The lowest BCUT2D eigenvalue weighted by Gasteiger charge is -2.37. The number of carbonyl (C=O) groups is 2. The topological polar surface area (TPSA) is 73.9 Å². The van der Waals surface area contributed by atoms with Crippen molar-refractivity contribution in [3.8, 4) is 11.5 Å². The SMILES string of the molecule is CCCOc1ccc([C@H]2C(C(=O)O[C@@H](C)CC)=C(C)NC3=C2C(=O)C[C@@H](c2ccccc2)C3)cc1OC. The Balaban J connectivity index is 1.80. The number of methoxy groups -OCH3 is 1. The fourth-order valence-corrected chi connectivity index (χ4v) is 5.13. The number of benzene rings is 2. The molecule has 0 saturated carbocycles. The van der Waals surface area contributed by atoms with Crippen molar-refractivity contribution in [2.24, 2.45) is 0 Å². The highest BCUT2D eigenvalue weighted by Gasteiger charge is 2.42. The zero-order valence-electron chi connectivity index (χ0n) is 22.4. The van der Waals surface area contributed by atoms with Crippen molar-refractivity contribution in [1.29, 1.82) is 0 Å². The Bertz CT molecular complexity index is 1210. The molecule has 196 valence electrons. The second kappa shape index (κ2) is 11.7. The normalized spacial score (nSPS) is 20.2. The van der Waals surface area contributed by atoms with Crippen molar-refractivity contribution in [3.05, 3.63) is 82.2 Å². The zero-order valence-corrected chi connectivity index (χ0v) is 22.4. The second-order valence-corrected chi connectivity index (χ2v) is 9.81. The average molecular weight is 504 g/mol. The third kappa shape index (κ3) is 5.58. The van der Waals surface area contributed by atoms with Crippen LogP contribution < -0.4 is 14.8 Å². The molecule has 2 aromatic carbocycles. The smallest absolute Gasteiger partial charge is 0.337 e. The quantitative estimate of drug-likeness (QED) is 0.412. The Hall–Kier alpha value is -3.54. The van der Waals surface area contributed by atoms with Gasteiger partial charge in [-0.1, -0.05) is 50.2 Å². The maximum atomic E-state index is 13.8. The van der Waals surface area contributed by atoms with Crippen molar-refractivity contribution >= 4 is 11.8 Å². The van der Waals surface area contributed by atoms with E-state index in [4.69, 9.17) is 14.2 Å². The highest BCUT2D eigenvalue weighted by atomic mass is 16.5. The van der Waals surface area contributed by atoms with Gasteiger partial charge >= 0.3 is 5.97 Å². The van der Waals surface area contributed by atoms with Crippen molar-refractivity contribution in [2.75, 3.05) is 13.7 Å². The van der Waals surface area contributed by atoms with E-state index in [1.165, 1.54) is 0 Å². The fraction of sp³-hybridized carbons (Fsp3) is 0.419. The largest absolute Gasteiger partial charge is 0.493 e. The molecule has 6 nitrogen and oxygen atoms in total. The van der Waals surface area contributed by atoms with Crippen LogP contribution in [0.15, 0.2) is 71.1 Å². The first-order valence-electron chi connectivity index (χ1n) is 13.2. The minimum absolute atomic E-state index is 0.0409. The number of Topliss-reactive ketones (excluding diaryl/α,β-unsaturated/α-hetero) is 1. The molecule has 1 aliphatic carbocycles. The Morgan fingerprint density at radius 3 is 2.49 bits per heavy atom. The molecule has 0 radical (unpaired) electrons. The Labute approximate surface area is 219 Å². The third-order valence-corrected chi connectivity index (χ3v) is 7.18. The van der Waals surface area contributed by atoms with Crippen LogP contribution in [0, 0.1) is 0 Å². The third-order valence-electron chi connectivity index (χ3n) is 7.18. The lowest BCUT2D eigenvalue weighted by atomic mass is 9.71. The minimum Gasteiger partial charge on any atom is -0.493 e. The molecule has 0 fully saturated rings. The van der Waals surface area contributed by atoms with E-state index in [-0.39, 0.29) is 17.8 Å². The summed E-state index contributed by atoms with van der Waals surface area (Å²) < 4.78 is 17.3. The van der Waals surface area contributed by atoms with Gasteiger partial charge in [-0.2, -0.15) is 0 Å². The van der Waals surface area contributed by atoms with E-state index in [1.807, 2.05) is 64.1 Å². The van der Waals surface area contributed by atoms with Crippen LogP contribution in [0.5, 0.6) is 11.5 Å². The lowest BCUT2D eigenvalue weighted by Crippen LogP contribution is -2.36. The predicted molar refractivity (Wildman–Crippen MR) is 144 cm³/mol. The van der Waals surface area contributed by atoms with Gasteiger partial charge in [-0.05, 0) is 62.3 Å². The highest BCUT2D eigenvalue weighted by Crippen LogP contribution is 2.47. The second-order valence-electron chi connectivity index (χ2n) is 9.81. The summed E-state index contributed by atoms with van der Waals surface area (Å²) in [6.45, 7) is 8.36. The van der Waals surface area contributed by atoms with Crippen LogP contribution in [0.4, 0.5) is 0 Å². The van der Waals surface area contributed by atoms with Crippen LogP contribution in [0.3, 0.4) is 0 Å².